The van der Waals surface area contributed by atoms with Crippen molar-refractivity contribution in [2.75, 3.05) is 7.11 Å². The first-order chi connectivity index (χ1) is 7.87. The van der Waals surface area contributed by atoms with Gasteiger partial charge in [0.05, 0.1) is 13.2 Å². The molecule has 0 heterocycles. The molecule has 0 saturated heterocycles. The van der Waals surface area contributed by atoms with Gasteiger partial charge in [0.2, 0.25) is 0 Å². The highest BCUT2D eigenvalue weighted by Crippen LogP contribution is 2.31. The van der Waals surface area contributed by atoms with E-state index in [2.05, 4.69) is 6.07 Å². The number of halogens is 1. The quantitative estimate of drug-likeness (QED) is 0.782. The van der Waals surface area contributed by atoms with Gasteiger partial charge in [-0.15, -0.1) is 0 Å². The lowest BCUT2D eigenvalue weighted by molar-refractivity contribution is 0.248. The fourth-order valence-corrected chi connectivity index (χ4v) is 2.49. The zero-order chi connectivity index (χ0) is 13.1. The van der Waals surface area contributed by atoms with E-state index in [-0.39, 0.29) is 0 Å². The third-order valence-corrected chi connectivity index (χ3v) is 3.24. The zero-order valence-electron chi connectivity index (χ0n) is 10.5. The first-order valence-corrected chi connectivity index (χ1v) is 9.07. The van der Waals surface area contributed by atoms with Crippen LogP contribution in [0.1, 0.15) is 11.7 Å². The third kappa shape index (κ3) is 4.04. The fourth-order valence-electron chi connectivity index (χ4n) is 1.42. The Labute approximate surface area is 108 Å². The highest BCUT2D eigenvalue weighted by Gasteiger charge is 2.24. The largest absolute Gasteiger partial charge is 0.496 e. The van der Waals surface area contributed by atoms with E-state index >= 15 is 0 Å². The maximum atomic E-state index is 9.20. The van der Waals surface area contributed by atoms with Gasteiger partial charge in [0.25, 0.3) is 0 Å². The Morgan fingerprint density at radius 1 is 1.35 bits per heavy atom. The summed E-state index contributed by atoms with van der Waals surface area (Å²) in [7, 11) is -0.233. The molecular weight excluding hydrogens is 254 g/mol. The van der Waals surface area contributed by atoms with E-state index < -0.39 is 14.4 Å². The number of hydrogen-bond acceptors (Lipinski definition) is 3. The van der Waals surface area contributed by atoms with Crippen molar-refractivity contribution in [3.05, 3.63) is 28.8 Å². The molecule has 92 valence electrons. The molecule has 5 heteroatoms. The van der Waals surface area contributed by atoms with Crippen LogP contribution in [0.25, 0.3) is 0 Å². The van der Waals surface area contributed by atoms with Gasteiger partial charge in [-0.2, -0.15) is 5.26 Å². The van der Waals surface area contributed by atoms with E-state index in [4.69, 9.17) is 20.8 Å². The van der Waals surface area contributed by atoms with Crippen molar-refractivity contribution in [3.63, 3.8) is 0 Å². The Morgan fingerprint density at radius 2 is 2.00 bits per heavy atom. The van der Waals surface area contributed by atoms with Gasteiger partial charge in [-0.3, -0.25) is 0 Å². The Balaban J connectivity index is 3.11. The molecule has 0 bridgehead atoms. The lowest BCUT2D eigenvalue weighted by atomic mass is 10.1. The summed E-state index contributed by atoms with van der Waals surface area (Å²) in [6.45, 7) is 6.11. The van der Waals surface area contributed by atoms with Crippen molar-refractivity contribution >= 4 is 19.9 Å². The Morgan fingerprint density at radius 3 is 2.47 bits per heavy atom. The molecule has 0 fully saturated rings. The van der Waals surface area contributed by atoms with Gasteiger partial charge in [0, 0.05) is 10.6 Å². The fraction of sp³-hybridized carbons (Fsp3) is 0.417. The van der Waals surface area contributed by atoms with Gasteiger partial charge >= 0.3 is 0 Å². The number of ether oxygens (including phenoxy) is 1. The van der Waals surface area contributed by atoms with Crippen molar-refractivity contribution in [1.82, 2.24) is 0 Å². The molecule has 0 aliphatic rings. The molecule has 0 aliphatic carbocycles. The van der Waals surface area contributed by atoms with Gasteiger partial charge in [0.15, 0.2) is 14.4 Å². The monoisotopic (exact) mass is 269 g/mol. The summed E-state index contributed by atoms with van der Waals surface area (Å²) >= 11 is 5.94. The number of rotatable bonds is 4. The molecule has 1 aromatic carbocycles. The van der Waals surface area contributed by atoms with Crippen molar-refractivity contribution in [3.8, 4) is 11.8 Å². The van der Waals surface area contributed by atoms with Crippen LogP contribution in [0.5, 0.6) is 5.75 Å². The van der Waals surface area contributed by atoms with Crippen LogP contribution >= 0.6 is 11.6 Å². The molecule has 0 aromatic heterocycles. The second-order valence-corrected chi connectivity index (χ2v) is 9.52. The number of nitrogens with zero attached hydrogens (tertiary/aromatic N) is 1. The van der Waals surface area contributed by atoms with Gasteiger partial charge in [-0.05, 0) is 37.8 Å². The summed E-state index contributed by atoms with van der Waals surface area (Å²) < 4.78 is 11.0. The van der Waals surface area contributed by atoms with Crippen LogP contribution in [0.15, 0.2) is 18.2 Å². The number of methoxy groups -OCH3 is 1. The van der Waals surface area contributed by atoms with Crippen molar-refractivity contribution < 1.29 is 9.16 Å². The van der Waals surface area contributed by atoms with Gasteiger partial charge < -0.3 is 9.16 Å². The molecule has 0 saturated carbocycles. The van der Waals surface area contributed by atoms with Crippen molar-refractivity contribution in [2.24, 2.45) is 0 Å². The molecule has 0 radical (unpaired) electrons. The predicted octanol–water partition coefficient (Wildman–Crippen LogP) is 3.76. The van der Waals surface area contributed by atoms with Crippen molar-refractivity contribution in [1.29, 1.82) is 5.26 Å². The van der Waals surface area contributed by atoms with Gasteiger partial charge in [0.1, 0.15) is 5.75 Å². The summed E-state index contributed by atoms with van der Waals surface area (Å²) in [5.74, 6) is 0.624. The summed E-state index contributed by atoms with van der Waals surface area (Å²) in [6, 6.07) is 7.34. The van der Waals surface area contributed by atoms with E-state index in [1.165, 1.54) is 0 Å². The molecule has 0 N–H and O–H groups in total. The third-order valence-electron chi connectivity index (χ3n) is 2.06. The van der Waals surface area contributed by atoms with Crippen LogP contribution in [-0.4, -0.2) is 15.4 Å². The normalized spacial score (nSPS) is 12.9. The highest BCUT2D eigenvalue weighted by atomic mass is 35.5. The summed E-state index contributed by atoms with van der Waals surface area (Å²) in [4.78, 5) is 0. The Kier molecular flexibility index (Phi) is 4.58. The van der Waals surface area contributed by atoms with Gasteiger partial charge in [-0.25, -0.2) is 0 Å². The van der Waals surface area contributed by atoms with Crippen LogP contribution in [0.2, 0.25) is 24.7 Å². The molecule has 1 rings (SSSR count). The molecular formula is C12H16ClNO2Si. The Hall–Kier alpha value is -1.02. The van der Waals surface area contributed by atoms with E-state index in [1.54, 1.807) is 25.3 Å². The van der Waals surface area contributed by atoms with Crippen LogP contribution < -0.4 is 4.74 Å². The molecule has 0 aliphatic heterocycles. The van der Waals surface area contributed by atoms with E-state index in [1.807, 2.05) is 19.6 Å². The topological polar surface area (TPSA) is 42.2 Å². The summed E-state index contributed by atoms with van der Waals surface area (Å²) in [5, 5.41) is 9.77. The SMILES string of the molecule is COc1ccc(Cl)cc1C(C#N)O[Si](C)(C)C. The summed E-state index contributed by atoms with van der Waals surface area (Å²) in [6.07, 6.45) is -0.629. The molecule has 17 heavy (non-hydrogen) atoms. The van der Waals surface area contributed by atoms with Crippen LogP contribution in [0.4, 0.5) is 0 Å². The number of nitriles is 1. The lowest BCUT2D eigenvalue weighted by Gasteiger charge is -2.23. The van der Waals surface area contributed by atoms with Crippen LogP contribution in [0, 0.1) is 11.3 Å². The summed E-state index contributed by atoms with van der Waals surface area (Å²) in [5.41, 5.74) is 0.685. The minimum atomic E-state index is -1.80. The van der Waals surface area contributed by atoms with Gasteiger partial charge in [-0.1, -0.05) is 11.6 Å². The molecule has 3 nitrogen and oxygen atoms in total. The average Bonchev–Trinajstić information content (AvgIpc) is 2.24. The lowest BCUT2D eigenvalue weighted by Crippen LogP contribution is -2.27. The smallest absolute Gasteiger partial charge is 0.186 e. The Bertz CT molecular complexity index is 437. The molecule has 1 aromatic rings. The molecule has 0 amide bonds. The predicted molar refractivity (Wildman–Crippen MR) is 70.8 cm³/mol. The van der Waals surface area contributed by atoms with Crippen LogP contribution in [-0.2, 0) is 4.43 Å². The van der Waals surface area contributed by atoms with E-state index in [9.17, 15) is 5.26 Å². The standard InChI is InChI=1S/C12H16ClNO2Si/c1-15-11-6-5-9(13)7-10(11)12(8-14)16-17(2,3)4/h5-7,12H,1-4H3. The second-order valence-electron chi connectivity index (χ2n) is 4.63. The van der Waals surface area contributed by atoms with Crippen molar-refractivity contribution in [2.45, 2.75) is 25.7 Å². The highest BCUT2D eigenvalue weighted by molar-refractivity contribution is 6.69. The van der Waals surface area contributed by atoms with E-state index in [0.29, 0.717) is 16.3 Å². The average molecular weight is 270 g/mol. The maximum absolute atomic E-state index is 9.20. The first kappa shape index (κ1) is 14.0. The second kappa shape index (κ2) is 5.54. The first-order valence-electron chi connectivity index (χ1n) is 5.28. The minimum absolute atomic E-state index is 0.570. The van der Waals surface area contributed by atoms with E-state index in [0.717, 1.165) is 0 Å². The molecule has 1 unspecified atom stereocenters. The zero-order valence-corrected chi connectivity index (χ0v) is 12.2. The van der Waals surface area contributed by atoms with Crippen LogP contribution in [0.3, 0.4) is 0 Å². The minimum Gasteiger partial charge on any atom is -0.496 e. The number of benzene rings is 1. The molecule has 1 atom stereocenters. The maximum Gasteiger partial charge on any atom is 0.186 e. The number of hydrogen-bond donors (Lipinski definition) is 0. The molecule has 0 spiro atoms.